The molecule has 11 heavy (non-hydrogen) atoms. The molecule has 0 rings (SSSR count). The lowest BCUT2D eigenvalue weighted by Crippen LogP contribution is -2.48. The summed E-state index contributed by atoms with van der Waals surface area (Å²) in [5.74, 6) is 0. The maximum absolute atomic E-state index is 10.00. The summed E-state index contributed by atoms with van der Waals surface area (Å²) in [5, 5.41) is 26.7. The van der Waals surface area contributed by atoms with Gasteiger partial charge in [-0.25, -0.2) is 0 Å². The summed E-state index contributed by atoms with van der Waals surface area (Å²) in [7, 11) is 0. The molecule has 0 aliphatic heterocycles. The number of carbonyl (C=O) groups excluding carboxylic acids is 1. The highest BCUT2D eigenvalue weighted by Gasteiger charge is 2.26. The first-order valence-corrected chi connectivity index (χ1v) is 3.25. The summed E-state index contributed by atoms with van der Waals surface area (Å²) in [6, 6.07) is -1.15. The molecule has 0 aliphatic rings. The quantitative estimate of drug-likeness (QED) is 0.346. The van der Waals surface area contributed by atoms with Gasteiger partial charge >= 0.3 is 0 Å². The van der Waals surface area contributed by atoms with Crippen molar-refractivity contribution in [1.82, 2.24) is 0 Å². The molecule has 0 fully saturated rings. The van der Waals surface area contributed by atoms with E-state index >= 15 is 0 Å². The molecule has 5 heteroatoms. The van der Waals surface area contributed by atoms with Crippen LogP contribution in [0.25, 0.3) is 0 Å². The van der Waals surface area contributed by atoms with Gasteiger partial charge in [-0.2, -0.15) is 0 Å². The Bertz CT molecular complexity index is 128. The van der Waals surface area contributed by atoms with Crippen LogP contribution in [-0.2, 0) is 4.79 Å². The van der Waals surface area contributed by atoms with Gasteiger partial charge in [0, 0.05) is 0 Å². The molecule has 0 radical (unpaired) electrons. The van der Waals surface area contributed by atoms with Gasteiger partial charge in [-0.3, -0.25) is 0 Å². The van der Waals surface area contributed by atoms with Gasteiger partial charge in [0.25, 0.3) is 0 Å². The van der Waals surface area contributed by atoms with E-state index in [4.69, 9.17) is 21.1 Å². The van der Waals surface area contributed by atoms with Gasteiger partial charge in [-0.15, -0.1) is 0 Å². The van der Waals surface area contributed by atoms with E-state index in [0.717, 1.165) is 0 Å². The van der Waals surface area contributed by atoms with E-state index in [1.807, 2.05) is 0 Å². The third-order valence-corrected chi connectivity index (χ3v) is 1.40. The second-order valence-corrected chi connectivity index (χ2v) is 2.44. The molecule has 0 aromatic heterocycles. The third-order valence-electron chi connectivity index (χ3n) is 1.40. The van der Waals surface area contributed by atoms with Crippen LogP contribution in [0.4, 0.5) is 0 Å². The largest absolute Gasteiger partial charge is 0.391 e. The molecule has 0 saturated carbocycles. The second-order valence-electron chi connectivity index (χ2n) is 2.44. The predicted octanol–water partition coefficient (Wildman–Crippen LogP) is -2.38. The number of carbonyl (C=O) groups is 1. The number of aliphatic hydroxyl groups is 3. The molecule has 5 nitrogen and oxygen atoms in total. The normalized spacial score (nSPS) is 21.9. The van der Waals surface area contributed by atoms with Crippen LogP contribution in [0.3, 0.4) is 0 Å². The summed E-state index contributed by atoms with van der Waals surface area (Å²) in [4.78, 5) is 10.00. The molecule has 0 saturated heterocycles. The minimum Gasteiger partial charge on any atom is -0.391 e. The van der Waals surface area contributed by atoms with Crippen molar-refractivity contribution in [2.75, 3.05) is 0 Å². The molecule has 0 unspecified atom stereocenters. The van der Waals surface area contributed by atoms with Crippen molar-refractivity contribution >= 4 is 6.29 Å². The third kappa shape index (κ3) is 2.94. The van der Waals surface area contributed by atoms with Crippen molar-refractivity contribution in [2.45, 2.75) is 31.3 Å². The predicted molar refractivity (Wildman–Crippen MR) is 37.7 cm³/mol. The Morgan fingerprint density at radius 2 is 1.73 bits per heavy atom. The van der Waals surface area contributed by atoms with Gasteiger partial charge in [0.2, 0.25) is 0 Å². The molecule has 0 aromatic carbocycles. The minimum atomic E-state index is -1.41. The van der Waals surface area contributed by atoms with E-state index in [1.165, 1.54) is 6.92 Å². The molecule has 0 aromatic rings. The lowest BCUT2D eigenvalue weighted by atomic mass is 10.0. The lowest BCUT2D eigenvalue weighted by Gasteiger charge is -2.21. The number of rotatable bonds is 4. The molecule has 0 bridgehead atoms. The Labute approximate surface area is 64.4 Å². The summed E-state index contributed by atoms with van der Waals surface area (Å²) < 4.78 is 0. The molecular weight excluding hydrogens is 150 g/mol. The van der Waals surface area contributed by atoms with Gasteiger partial charge < -0.3 is 25.8 Å². The maximum Gasteiger partial charge on any atom is 0.139 e. The Balaban J connectivity index is 4.00. The van der Waals surface area contributed by atoms with Crippen molar-refractivity contribution in [3.8, 4) is 0 Å². The lowest BCUT2D eigenvalue weighted by molar-refractivity contribution is -0.115. The van der Waals surface area contributed by atoms with Crippen LogP contribution in [0.2, 0.25) is 0 Å². The maximum atomic E-state index is 10.00. The van der Waals surface area contributed by atoms with Gasteiger partial charge in [-0.05, 0) is 6.92 Å². The van der Waals surface area contributed by atoms with Crippen molar-refractivity contribution in [3.63, 3.8) is 0 Å². The molecule has 4 atom stereocenters. The standard InChI is InChI=1S/C6H13NO4/c1-3(9)5(10)6(11)4(7)2-8/h2-6,9-11H,7H2,1H3/t3-,4+,5-,6-/m0/s1. The highest BCUT2D eigenvalue weighted by atomic mass is 16.4. The van der Waals surface area contributed by atoms with E-state index in [0.29, 0.717) is 6.29 Å². The monoisotopic (exact) mass is 163 g/mol. The average Bonchev–Trinajstić information content (AvgIpc) is 2.00. The van der Waals surface area contributed by atoms with Gasteiger partial charge in [0.05, 0.1) is 12.1 Å². The summed E-state index contributed by atoms with van der Waals surface area (Å²) in [5.41, 5.74) is 5.07. The number of aliphatic hydroxyl groups excluding tert-OH is 3. The van der Waals surface area contributed by atoms with E-state index in [-0.39, 0.29) is 0 Å². The topological polar surface area (TPSA) is 104 Å². The first-order chi connectivity index (χ1) is 5.00. The van der Waals surface area contributed by atoms with Crippen LogP contribution in [0.5, 0.6) is 0 Å². The fraction of sp³-hybridized carbons (Fsp3) is 0.833. The first-order valence-electron chi connectivity index (χ1n) is 3.25. The fourth-order valence-corrected chi connectivity index (χ4v) is 0.594. The molecule has 0 spiro atoms. The number of hydrogen-bond donors (Lipinski definition) is 4. The van der Waals surface area contributed by atoms with Crippen molar-refractivity contribution in [3.05, 3.63) is 0 Å². The molecule has 5 N–H and O–H groups in total. The summed E-state index contributed by atoms with van der Waals surface area (Å²) in [6.45, 7) is 1.30. The van der Waals surface area contributed by atoms with E-state index < -0.39 is 24.4 Å². The van der Waals surface area contributed by atoms with E-state index in [2.05, 4.69) is 0 Å². The SMILES string of the molecule is C[C@H](O)[C@H](O)[C@@H](O)[C@H](N)C=O. The van der Waals surface area contributed by atoms with Crippen molar-refractivity contribution < 1.29 is 20.1 Å². The zero-order valence-electron chi connectivity index (χ0n) is 6.21. The van der Waals surface area contributed by atoms with Gasteiger partial charge in [-0.1, -0.05) is 0 Å². The van der Waals surface area contributed by atoms with Crippen LogP contribution in [0.15, 0.2) is 0 Å². The summed E-state index contributed by atoms with van der Waals surface area (Å²) >= 11 is 0. The first kappa shape index (κ1) is 10.5. The van der Waals surface area contributed by atoms with Gasteiger partial charge in [0.1, 0.15) is 18.5 Å². The van der Waals surface area contributed by atoms with Crippen molar-refractivity contribution in [2.24, 2.45) is 5.73 Å². The highest BCUT2D eigenvalue weighted by molar-refractivity contribution is 5.58. The molecule has 0 aliphatic carbocycles. The van der Waals surface area contributed by atoms with E-state index in [9.17, 15) is 4.79 Å². The van der Waals surface area contributed by atoms with Crippen LogP contribution < -0.4 is 5.73 Å². The Kier molecular flexibility index (Phi) is 4.20. The zero-order valence-corrected chi connectivity index (χ0v) is 6.21. The average molecular weight is 163 g/mol. The fourth-order valence-electron chi connectivity index (χ4n) is 0.594. The number of hydrogen-bond acceptors (Lipinski definition) is 5. The van der Waals surface area contributed by atoms with Crippen LogP contribution in [0.1, 0.15) is 6.92 Å². The Morgan fingerprint density at radius 1 is 1.27 bits per heavy atom. The van der Waals surface area contributed by atoms with Crippen LogP contribution in [-0.4, -0.2) is 46.0 Å². The zero-order chi connectivity index (χ0) is 9.02. The smallest absolute Gasteiger partial charge is 0.139 e. The van der Waals surface area contributed by atoms with Crippen molar-refractivity contribution in [1.29, 1.82) is 0 Å². The highest BCUT2D eigenvalue weighted by Crippen LogP contribution is 2.01. The molecular formula is C6H13NO4. The Morgan fingerprint density at radius 3 is 2.00 bits per heavy atom. The van der Waals surface area contributed by atoms with Gasteiger partial charge in [0.15, 0.2) is 0 Å². The second kappa shape index (κ2) is 4.40. The summed E-state index contributed by atoms with van der Waals surface area (Å²) in [6.07, 6.45) is -3.57. The van der Waals surface area contributed by atoms with Crippen LogP contribution >= 0.6 is 0 Å². The molecule has 0 heterocycles. The minimum absolute atomic E-state index is 0.316. The number of aldehydes is 1. The number of nitrogens with two attached hydrogens (primary N) is 1. The Hall–Kier alpha value is -0.490. The molecule has 0 amide bonds. The van der Waals surface area contributed by atoms with Crippen LogP contribution in [0, 0.1) is 0 Å². The van der Waals surface area contributed by atoms with E-state index in [1.54, 1.807) is 0 Å². The molecule has 66 valence electrons.